The number of rotatable bonds is 6. The van der Waals surface area contributed by atoms with Gasteiger partial charge in [-0.15, -0.1) is 12.4 Å². The lowest BCUT2D eigenvalue weighted by Crippen LogP contribution is -2.35. The third-order valence-electron chi connectivity index (χ3n) is 4.62. The molecular weight excluding hydrogens is 390 g/mol. The van der Waals surface area contributed by atoms with Gasteiger partial charge in [0.05, 0.1) is 5.56 Å². The minimum Gasteiger partial charge on any atom is -0.398 e. The molecule has 2 heterocycles. The van der Waals surface area contributed by atoms with Gasteiger partial charge in [-0.25, -0.2) is 4.98 Å². The fourth-order valence-electron chi connectivity index (χ4n) is 3.32. The first-order valence-corrected chi connectivity index (χ1v) is 9.45. The Morgan fingerprint density at radius 1 is 1.38 bits per heavy atom. The zero-order chi connectivity index (χ0) is 20.1. The van der Waals surface area contributed by atoms with Crippen LogP contribution in [0.3, 0.4) is 0 Å². The van der Waals surface area contributed by atoms with Gasteiger partial charge >= 0.3 is 0 Å². The Labute approximate surface area is 176 Å². The smallest absolute Gasteiger partial charge is 0.229 e. The fourth-order valence-corrected chi connectivity index (χ4v) is 3.32. The minimum atomic E-state index is -0.0137. The number of aryl methyl sites for hydroxylation is 1. The number of nitrogens with one attached hydrogen (secondary N) is 2. The molecule has 1 aromatic carbocycles. The second kappa shape index (κ2) is 9.94. The molecule has 0 radical (unpaired) electrons. The zero-order valence-corrected chi connectivity index (χ0v) is 17.4. The van der Waals surface area contributed by atoms with Gasteiger partial charge in [0.15, 0.2) is 0 Å². The molecule has 8 nitrogen and oxygen atoms in total. The van der Waals surface area contributed by atoms with Crippen molar-refractivity contribution in [1.82, 2.24) is 15.3 Å². The highest BCUT2D eigenvalue weighted by Gasteiger charge is 2.24. The quantitative estimate of drug-likeness (QED) is 0.620. The number of aromatic nitrogens is 2. The Hall–Kier alpha value is -3.05. The van der Waals surface area contributed by atoms with Gasteiger partial charge in [-0.2, -0.15) is 10.2 Å². The molecule has 1 atom stereocenters. The highest BCUT2D eigenvalue weighted by Crippen LogP contribution is 2.24. The summed E-state index contributed by atoms with van der Waals surface area (Å²) in [5, 5.41) is 15.3. The summed E-state index contributed by atoms with van der Waals surface area (Å²) in [5.41, 5.74) is 8.31. The normalized spacial score (nSPS) is 15.3. The molecule has 0 unspecified atom stereocenters. The molecule has 1 aromatic heterocycles. The molecular formula is C20H26ClN7O. The molecule has 2 aromatic rings. The molecule has 1 fully saturated rings. The minimum absolute atomic E-state index is 0. The number of carbonyl (C=O) groups is 1. The van der Waals surface area contributed by atoms with Gasteiger partial charge in [0.2, 0.25) is 11.9 Å². The van der Waals surface area contributed by atoms with Crippen molar-refractivity contribution in [2.24, 2.45) is 0 Å². The first-order chi connectivity index (χ1) is 13.5. The van der Waals surface area contributed by atoms with Crippen LogP contribution in [0.2, 0.25) is 0 Å². The average molecular weight is 416 g/mol. The van der Waals surface area contributed by atoms with Crippen molar-refractivity contribution in [2.45, 2.75) is 39.2 Å². The van der Waals surface area contributed by atoms with E-state index >= 15 is 0 Å². The Kier molecular flexibility index (Phi) is 7.62. The number of nitrogens with zero attached hydrogens (tertiary/aromatic N) is 4. The Balaban J connectivity index is 0.00000300. The molecule has 1 aliphatic rings. The molecule has 0 aliphatic carbocycles. The number of halogens is 1. The van der Waals surface area contributed by atoms with Gasteiger partial charge in [0, 0.05) is 49.2 Å². The van der Waals surface area contributed by atoms with Crippen molar-refractivity contribution in [3.8, 4) is 6.07 Å². The van der Waals surface area contributed by atoms with E-state index in [2.05, 4.69) is 38.5 Å². The van der Waals surface area contributed by atoms with Crippen molar-refractivity contribution in [3.63, 3.8) is 0 Å². The van der Waals surface area contributed by atoms with Crippen LogP contribution in [0, 0.1) is 11.3 Å². The molecule has 3 rings (SSSR count). The molecule has 0 saturated carbocycles. The van der Waals surface area contributed by atoms with Gasteiger partial charge < -0.3 is 21.3 Å². The van der Waals surface area contributed by atoms with Crippen molar-refractivity contribution in [2.75, 3.05) is 29.0 Å². The van der Waals surface area contributed by atoms with E-state index in [9.17, 15) is 10.1 Å². The molecule has 29 heavy (non-hydrogen) atoms. The SMILES string of the molecule is CCCc1cc(N2CC[C@H](NC(C)=O)C2)nc(Nc2ccc(N)c(C#N)c2)n1.Cl. The van der Waals surface area contributed by atoms with Crippen molar-refractivity contribution < 1.29 is 4.79 Å². The number of hydrogen-bond donors (Lipinski definition) is 3. The molecule has 0 bridgehead atoms. The standard InChI is InChI=1S/C20H25N7O.ClH/c1-3-4-15-10-19(27-8-7-17(12-27)23-13(2)28)26-20(24-15)25-16-5-6-18(22)14(9-16)11-21;/h5-6,9-10,17H,3-4,7-8,12,22H2,1-2H3,(H,23,28)(H,24,25,26);1H/t17-;/m0./s1. The summed E-state index contributed by atoms with van der Waals surface area (Å²) in [5.74, 6) is 1.31. The summed E-state index contributed by atoms with van der Waals surface area (Å²) in [6.45, 7) is 5.20. The van der Waals surface area contributed by atoms with Crippen molar-refractivity contribution in [3.05, 3.63) is 35.5 Å². The summed E-state index contributed by atoms with van der Waals surface area (Å²) < 4.78 is 0. The van der Waals surface area contributed by atoms with E-state index in [0.29, 0.717) is 22.9 Å². The van der Waals surface area contributed by atoms with Crippen LogP contribution < -0.4 is 21.3 Å². The van der Waals surface area contributed by atoms with Crippen LogP contribution in [-0.2, 0) is 11.2 Å². The van der Waals surface area contributed by atoms with Gasteiger partial charge in [-0.1, -0.05) is 13.3 Å². The zero-order valence-electron chi connectivity index (χ0n) is 16.6. The predicted molar refractivity (Wildman–Crippen MR) is 117 cm³/mol. The summed E-state index contributed by atoms with van der Waals surface area (Å²) >= 11 is 0. The van der Waals surface area contributed by atoms with Crippen LogP contribution >= 0.6 is 12.4 Å². The van der Waals surface area contributed by atoms with Crippen molar-refractivity contribution in [1.29, 1.82) is 5.26 Å². The number of nitriles is 1. The van der Waals surface area contributed by atoms with Crippen LogP contribution in [0.4, 0.5) is 23.1 Å². The van der Waals surface area contributed by atoms with Crippen LogP contribution in [0.5, 0.6) is 0 Å². The second-order valence-corrected chi connectivity index (χ2v) is 6.96. The van der Waals surface area contributed by atoms with E-state index in [0.717, 1.165) is 43.9 Å². The van der Waals surface area contributed by atoms with E-state index < -0.39 is 0 Å². The van der Waals surface area contributed by atoms with E-state index in [-0.39, 0.29) is 24.4 Å². The molecule has 0 spiro atoms. The van der Waals surface area contributed by atoms with Crippen LogP contribution in [0.25, 0.3) is 0 Å². The second-order valence-electron chi connectivity index (χ2n) is 6.96. The lowest BCUT2D eigenvalue weighted by atomic mass is 10.2. The number of carbonyl (C=O) groups excluding carboxylic acids is 1. The van der Waals surface area contributed by atoms with E-state index in [4.69, 9.17) is 5.73 Å². The summed E-state index contributed by atoms with van der Waals surface area (Å²) in [6.07, 6.45) is 2.71. The summed E-state index contributed by atoms with van der Waals surface area (Å²) in [6, 6.07) is 9.40. The first kappa shape index (κ1) is 22.2. The number of amides is 1. The Morgan fingerprint density at radius 3 is 2.86 bits per heavy atom. The van der Waals surface area contributed by atoms with E-state index in [1.165, 1.54) is 6.92 Å². The number of benzene rings is 1. The van der Waals surface area contributed by atoms with E-state index in [1.54, 1.807) is 18.2 Å². The average Bonchev–Trinajstić information content (AvgIpc) is 3.11. The van der Waals surface area contributed by atoms with Gasteiger partial charge in [0.1, 0.15) is 11.9 Å². The predicted octanol–water partition coefficient (Wildman–Crippen LogP) is 2.76. The topological polar surface area (TPSA) is 120 Å². The number of hydrogen-bond acceptors (Lipinski definition) is 7. The number of nitrogen functional groups attached to an aromatic ring is 1. The molecule has 1 saturated heterocycles. The molecule has 154 valence electrons. The highest BCUT2D eigenvalue weighted by atomic mass is 35.5. The van der Waals surface area contributed by atoms with Crippen LogP contribution in [-0.4, -0.2) is 35.0 Å². The van der Waals surface area contributed by atoms with Crippen LogP contribution in [0.1, 0.15) is 37.9 Å². The molecule has 9 heteroatoms. The molecule has 1 amide bonds. The maximum atomic E-state index is 11.3. The number of anilines is 4. The highest BCUT2D eigenvalue weighted by molar-refractivity contribution is 5.85. The molecule has 4 N–H and O–H groups in total. The number of nitrogens with two attached hydrogens (primary N) is 1. The van der Waals surface area contributed by atoms with Crippen LogP contribution in [0.15, 0.2) is 24.3 Å². The Morgan fingerprint density at radius 2 is 2.17 bits per heavy atom. The summed E-state index contributed by atoms with van der Waals surface area (Å²) in [7, 11) is 0. The largest absolute Gasteiger partial charge is 0.398 e. The van der Waals surface area contributed by atoms with E-state index in [1.807, 2.05) is 6.07 Å². The molecule has 1 aliphatic heterocycles. The van der Waals surface area contributed by atoms with Gasteiger partial charge in [-0.05, 0) is 31.0 Å². The first-order valence-electron chi connectivity index (χ1n) is 9.45. The third kappa shape index (κ3) is 5.72. The van der Waals surface area contributed by atoms with Gasteiger partial charge in [0.25, 0.3) is 0 Å². The third-order valence-corrected chi connectivity index (χ3v) is 4.62. The fraction of sp³-hybridized carbons (Fsp3) is 0.400. The van der Waals surface area contributed by atoms with Gasteiger partial charge in [-0.3, -0.25) is 4.79 Å². The van der Waals surface area contributed by atoms with Crippen molar-refractivity contribution >= 4 is 41.5 Å². The lowest BCUT2D eigenvalue weighted by molar-refractivity contribution is -0.119. The Bertz CT molecular complexity index is 912. The maximum absolute atomic E-state index is 11.3. The summed E-state index contributed by atoms with van der Waals surface area (Å²) in [4.78, 5) is 22.7. The lowest BCUT2D eigenvalue weighted by Gasteiger charge is -2.19. The monoisotopic (exact) mass is 415 g/mol. The maximum Gasteiger partial charge on any atom is 0.229 e.